The van der Waals surface area contributed by atoms with Crippen LogP contribution in [0.1, 0.15) is 35.6 Å². The zero-order chi connectivity index (χ0) is 19.2. The number of rotatable bonds is 6. The van der Waals surface area contributed by atoms with Crippen LogP contribution in [-0.4, -0.2) is 38.2 Å². The van der Waals surface area contributed by atoms with Crippen LogP contribution >= 0.6 is 0 Å². The summed E-state index contributed by atoms with van der Waals surface area (Å²) in [6.45, 7) is 3.47. The number of benzene rings is 2. The lowest BCUT2D eigenvalue weighted by molar-refractivity contribution is 0.192. The van der Waals surface area contributed by atoms with E-state index < -0.39 is 0 Å². The van der Waals surface area contributed by atoms with E-state index in [1.165, 1.54) is 11.1 Å². The van der Waals surface area contributed by atoms with Crippen LogP contribution in [0, 0.1) is 6.92 Å². The summed E-state index contributed by atoms with van der Waals surface area (Å²) in [6, 6.07) is 14.2. The summed E-state index contributed by atoms with van der Waals surface area (Å²) in [5.74, 6) is 1.52. The van der Waals surface area contributed by atoms with Crippen molar-refractivity contribution in [2.24, 2.45) is 0 Å². The van der Waals surface area contributed by atoms with E-state index >= 15 is 0 Å². The molecular weight excluding hydrogens is 340 g/mol. The van der Waals surface area contributed by atoms with Gasteiger partial charge in [-0.25, -0.2) is 4.79 Å². The van der Waals surface area contributed by atoms with Crippen molar-refractivity contribution in [1.82, 2.24) is 10.2 Å². The molecular formula is C22H28N2O3. The molecule has 0 aromatic heterocycles. The van der Waals surface area contributed by atoms with Gasteiger partial charge in [0.25, 0.3) is 0 Å². The van der Waals surface area contributed by atoms with E-state index in [-0.39, 0.29) is 12.1 Å². The molecule has 0 saturated carbocycles. The number of urea groups is 1. The first kappa shape index (κ1) is 19.1. The van der Waals surface area contributed by atoms with Crippen LogP contribution in [0.25, 0.3) is 0 Å². The van der Waals surface area contributed by atoms with Crippen molar-refractivity contribution in [3.63, 3.8) is 0 Å². The topological polar surface area (TPSA) is 50.8 Å². The van der Waals surface area contributed by atoms with Gasteiger partial charge in [-0.2, -0.15) is 0 Å². The molecule has 27 heavy (non-hydrogen) atoms. The zero-order valence-electron chi connectivity index (χ0n) is 16.3. The first-order chi connectivity index (χ1) is 13.1. The van der Waals surface area contributed by atoms with Gasteiger partial charge in [0.1, 0.15) is 11.5 Å². The van der Waals surface area contributed by atoms with E-state index in [1.807, 2.05) is 23.1 Å². The molecule has 5 nitrogen and oxygen atoms in total. The lowest BCUT2D eigenvalue weighted by Crippen LogP contribution is -2.40. The van der Waals surface area contributed by atoms with E-state index in [1.54, 1.807) is 14.2 Å². The number of methoxy groups -OCH3 is 2. The molecule has 3 rings (SSSR count). The molecule has 1 aliphatic rings. The van der Waals surface area contributed by atoms with Gasteiger partial charge in [-0.1, -0.05) is 29.8 Å². The number of amides is 2. The number of nitrogens with zero attached hydrogens (tertiary/aromatic N) is 1. The van der Waals surface area contributed by atoms with Crippen LogP contribution in [0.3, 0.4) is 0 Å². The maximum atomic E-state index is 12.8. The molecule has 1 aliphatic heterocycles. The Hall–Kier alpha value is -2.69. The number of carbonyl (C=O) groups is 1. The van der Waals surface area contributed by atoms with Gasteiger partial charge in [0.2, 0.25) is 0 Å². The predicted molar refractivity (Wildman–Crippen MR) is 107 cm³/mol. The number of carbonyl (C=O) groups excluding carboxylic acids is 1. The summed E-state index contributed by atoms with van der Waals surface area (Å²) in [5.41, 5.74) is 3.51. The number of ether oxygens (including phenoxy) is 2. The molecule has 1 unspecified atom stereocenters. The summed E-state index contributed by atoms with van der Waals surface area (Å²) in [5, 5.41) is 3.07. The fraction of sp³-hybridized carbons (Fsp3) is 0.409. The Morgan fingerprint density at radius 3 is 2.78 bits per heavy atom. The van der Waals surface area contributed by atoms with Crippen molar-refractivity contribution in [3.05, 3.63) is 59.2 Å². The SMILES string of the molecule is COc1ccc(C2CCCN2C(=O)NCCc2cccc(C)c2)c(OC)c1. The molecule has 1 heterocycles. The first-order valence-electron chi connectivity index (χ1n) is 9.44. The van der Waals surface area contributed by atoms with Crippen LogP contribution in [0.2, 0.25) is 0 Å². The van der Waals surface area contributed by atoms with E-state index in [4.69, 9.17) is 9.47 Å². The lowest BCUT2D eigenvalue weighted by atomic mass is 10.0. The quantitative estimate of drug-likeness (QED) is 0.835. The van der Waals surface area contributed by atoms with Gasteiger partial charge in [0.05, 0.1) is 20.3 Å². The third-order valence-corrected chi connectivity index (χ3v) is 5.09. The summed E-state index contributed by atoms with van der Waals surface area (Å²) < 4.78 is 10.8. The van der Waals surface area contributed by atoms with Crippen molar-refractivity contribution in [3.8, 4) is 11.5 Å². The largest absolute Gasteiger partial charge is 0.497 e. The van der Waals surface area contributed by atoms with E-state index in [0.29, 0.717) is 6.54 Å². The lowest BCUT2D eigenvalue weighted by Gasteiger charge is -2.26. The highest BCUT2D eigenvalue weighted by Gasteiger charge is 2.31. The first-order valence-corrected chi connectivity index (χ1v) is 9.44. The minimum Gasteiger partial charge on any atom is -0.497 e. The van der Waals surface area contributed by atoms with Gasteiger partial charge in [0.15, 0.2) is 0 Å². The van der Waals surface area contributed by atoms with Gasteiger partial charge < -0.3 is 19.7 Å². The monoisotopic (exact) mass is 368 g/mol. The standard InChI is InChI=1S/C22H28N2O3/c1-16-6-4-7-17(14-16)11-12-23-22(25)24-13-5-8-20(24)19-10-9-18(26-2)15-21(19)27-3/h4,6-7,9-10,14-15,20H,5,8,11-13H2,1-3H3,(H,23,25). The van der Waals surface area contributed by atoms with E-state index in [0.717, 1.165) is 42.9 Å². The second-order valence-electron chi connectivity index (χ2n) is 6.93. The van der Waals surface area contributed by atoms with Crippen LogP contribution < -0.4 is 14.8 Å². The summed E-state index contributed by atoms with van der Waals surface area (Å²) in [7, 11) is 3.29. The van der Waals surface area contributed by atoms with Crippen molar-refractivity contribution < 1.29 is 14.3 Å². The fourth-order valence-corrected chi connectivity index (χ4v) is 3.71. The van der Waals surface area contributed by atoms with Crippen molar-refractivity contribution in [1.29, 1.82) is 0 Å². The molecule has 1 saturated heterocycles. The third kappa shape index (κ3) is 4.54. The predicted octanol–water partition coefficient (Wildman–Crippen LogP) is 4.10. The van der Waals surface area contributed by atoms with Gasteiger partial charge in [0, 0.05) is 24.7 Å². The van der Waals surface area contributed by atoms with Crippen LogP contribution in [-0.2, 0) is 6.42 Å². The molecule has 1 fully saturated rings. The smallest absolute Gasteiger partial charge is 0.317 e. The van der Waals surface area contributed by atoms with Crippen LogP contribution in [0.5, 0.6) is 11.5 Å². The molecule has 0 spiro atoms. The van der Waals surface area contributed by atoms with Crippen molar-refractivity contribution in [2.75, 3.05) is 27.3 Å². The van der Waals surface area contributed by atoms with Gasteiger partial charge >= 0.3 is 6.03 Å². The highest BCUT2D eigenvalue weighted by atomic mass is 16.5. The average Bonchev–Trinajstić information content (AvgIpc) is 3.17. The molecule has 144 valence electrons. The van der Waals surface area contributed by atoms with Gasteiger partial charge in [-0.3, -0.25) is 0 Å². The van der Waals surface area contributed by atoms with Crippen LogP contribution in [0.4, 0.5) is 4.79 Å². The third-order valence-electron chi connectivity index (χ3n) is 5.09. The Morgan fingerprint density at radius 2 is 2.04 bits per heavy atom. The molecule has 2 aromatic rings. The molecule has 0 radical (unpaired) electrons. The Kier molecular flexibility index (Phi) is 6.22. The van der Waals surface area contributed by atoms with Crippen molar-refractivity contribution >= 4 is 6.03 Å². The molecule has 5 heteroatoms. The maximum Gasteiger partial charge on any atom is 0.317 e. The molecule has 2 amide bonds. The summed E-state index contributed by atoms with van der Waals surface area (Å²) in [4.78, 5) is 14.7. The average molecular weight is 368 g/mol. The highest BCUT2D eigenvalue weighted by molar-refractivity contribution is 5.75. The molecule has 0 bridgehead atoms. The summed E-state index contributed by atoms with van der Waals surface area (Å²) in [6.07, 6.45) is 2.76. The normalized spacial score (nSPS) is 16.3. The van der Waals surface area contributed by atoms with E-state index in [9.17, 15) is 4.79 Å². The number of hydrogen-bond acceptors (Lipinski definition) is 3. The maximum absolute atomic E-state index is 12.8. The van der Waals surface area contributed by atoms with Crippen LogP contribution in [0.15, 0.2) is 42.5 Å². The molecule has 1 atom stereocenters. The summed E-state index contributed by atoms with van der Waals surface area (Å²) >= 11 is 0. The van der Waals surface area contributed by atoms with Gasteiger partial charge in [-0.05, 0) is 43.9 Å². The zero-order valence-corrected chi connectivity index (χ0v) is 16.3. The number of likely N-dealkylation sites (tertiary alicyclic amines) is 1. The Balaban J connectivity index is 1.64. The Labute approximate surface area is 161 Å². The number of hydrogen-bond donors (Lipinski definition) is 1. The fourth-order valence-electron chi connectivity index (χ4n) is 3.71. The van der Waals surface area contributed by atoms with E-state index in [2.05, 4.69) is 36.5 Å². The minimum atomic E-state index is -0.0111. The minimum absolute atomic E-state index is 0.0111. The molecule has 1 N–H and O–H groups in total. The van der Waals surface area contributed by atoms with Gasteiger partial charge in [-0.15, -0.1) is 0 Å². The number of nitrogens with one attached hydrogen (secondary N) is 1. The number of aryl methyl sites for hydroxylation is 1. The Bertz CT molecular complexity index is 791. The highest BCUT2D eigenvalue weighted by Crippen LogP contribution is 2.38. The molecule has 2 aromatic carbocycles. The Morgan fingerprint density at radius 1 is 1.19 bits per heavy atom. The van der Waals surface area contributed by atoms with Crippen molar-refractivity contribution in [2.45, 2.75) is 32.2 Å². The molecule has 0 aliphatic carbocycles. The second-order valence-corrected chi connectivity index (χ2v) is 6.93. The second kappa shape index (κ2) is 8.80.